The van der Waals surface area contributed by atoms with Gasteiger partial charge in [0.1, 0.15) is 0 Å². The van der Waals surface area contributed by atoms with Crippen molar-refractivity contribution in [3.05, 3.63) is 267 Å². The molecule has 0 atom stereocenters. The molecule has 0 saturated carbocycles. The third-order valence-corrected chi connectivity index (χ3v) is 13.0. The van der Waals surface area contributed by atoms with Gasteiger partial charge in [-0.2, -0.15) is 0 Å². The van der Waals surface area contributed by atoms with Crippen LogP contribution in [0.15, 0.2) is 267 Å². The second-order valence-electron chi connectivity index (χ2n) is 16.9. The van der Waals surface area contributed by atoms with Crippen molar-refractivity contribution >= 4 is 49.6 Å². The van der Waals surface area contributed by atoms with E-state index in [2.05, 4.69) is 276 Å². The highest BCUT2D eigenvalue weighted by Gasteiger charge is 2.23. The fourth-order valence-corrected chi connectivity index (χ4v) is 9.87. The van der Waals surface area contributed by atoms with Gasteiger partial charge in [-0.25, -0.2) is 0 Å². The summed E-state index contributed by atoms with van der Waals surface area (Å²) in [6, 6.07) is 97.0. The van der Waals surface area contributed by atoms with Gasteiger partial charge in [0.2, 0.25) is 0 Å². The van der Waals surface area contributed by atoms with Crippen LogP contribution in [-0.4, -0.2) is 4.57 Å². The number of nitrogens with zero attached hydrogens (tertiary/aromatic N) is 2. The zero-order chi connectivity index (χ0) is 43.8. The van der Waals surface area contributed by atoms with Gasteiger partial charge in [-0.05, 0) is 128 Å². The number of hydrogen-bond acceptors (Lipinski definition) is 1. The molecule has 0 spiro atoms. The van der Waals surface area contributed by atoms with E-state index in [4.69, 9.17) is 0 Å². The molecule has 0 N–H and O–H groups in total. The molecule has 12 aromatic rings. The molecule has 66 heavy (non-hydrogen) atoms. The number of hydrogen-bond donors (Lipinski definition) is 0. The number of fused-ring (bicyclic) bond motifs is 4. The van der Waals surface area contributed by atoms with Crippen LogP contribution in [0.25, 0.3) is 93.9 Å². The topological polar surface area (TPSA) is 8.17 Å². The Labute approximate surface area is 385 Å². The summed E-state index contributed by atoms with van der Waals surface area (Å²) < 4.78 is 2.37. The van der Waals surface area contributed by atoms with E-state index < -0.39 is 0 Å². The molecule has 1 aromatic heterocycles. The van der Waals surface area contributed by atoms with E-state index in [0.717, 1.165) is 33.9 Å². The van der Waals surface area contributed by atoms with Crippen LogP contribution in [0, 0.1) is 0 Å². The summed E-state index contributed by atoms with van der Waals surface area (Å²) >= 11 is 0. The maximum Gasteiger partial charge on any atom is 0.0546 e. The zero-order valence-electron chi connectivity index (χ0n) is 36.3. The summed E-state index contributed by atoms with van der Waals surface area (Å²) in [6.45, 7) is 0. The Morgan fingerprint density at radius 2 is 0.818 bits per heavy atom. The summed E-state index contributed by atoms with van der Waals surface area (Å²) in [5.74, 6) is 0. The number of aromatic nitrogens is 1. The fraction of sp³-hybridized carbons (Fsp3) is 0. The molecule has 1 heterocycles. The molecule has 12 rings (SSSR count). The highest BCUT2D eigenvalue weighted by molar-refractivity contribution is 6.10. The molecule has 310 valence electrons. The van der Waals surface area contributed by atoms with Gasteiger partial charge in [0.05, 0.1) is 16.7 Å². The van der Waals surface area contributed by atoms with E-state index in [9.17, 15) is 0 Å². The van der Waals surface area contributed by atoms with Crippen molar-refractivity contribution in [1.82, 2.24) is 4.57 Å². The van der Waals surface area contributed by atoms with E-state index in [1.54, 1.807) is 0 Å². The molecular formula is C64H44N2. The van der Waals surface area contributed by atoms with Gasteiger partial charge in [-0.15, -0.1) is 0 Å². The number of para-hydroxylation sites is 2. The normalized spacial score (nSPS) is 11.3. The van der Waals surface area contributed by atoms with Crippen molar-refractivity contribution in [1.29, 1.82) is 0 Å². The summed E-state index contributed by atoms with van der Waals surface area (Å²) in [4.78, 5) is 2.45. The standard InChI is InChI=1S/C64H44N2/c1-4-19-47(20-5-1)56-28-12-13-30-59(56)64-57(48-21-6-2-7-22-48)31-17-33-63(64)65(55-27-16-24-50(43-55)51-35-34-45-18-10-11-23-49(45)42-51)54-39-36-46(37-40-54)52-38-41-62-60(44-52)58-29-14-15-32-61(58)66(62)53-25-8-3-9-26-53/h1-44H. The Bertz CT molecular complexity index is 3680. The van der Waals surface area contributed by atoms with Crippen LogP contribution in [0.2, 0.25) is 0 Å². The summed E-state index contributed by atoms with van der Waals surface area (Å²) in [5.41, 5.74) is 18.5. The first kappa shape index (κ1) is 38.9. The Morgan fingerprint density at radius 1 is 0.273 bits per heavy atom. The van der Waals surface area contributed by atoms with Crippen molar-refractivity contribution in [3.8, 4) is 61.3 Å². The van der Waals surface area contributed by atoms with Gasteiger partial charge < -0.3 is 9.47 Å². The molecule has 0 aliphatic heterocycles. The zero-order valence-corrected chi connectivity index (χ0v) is 36.3. The van der Waals surface area contributed by atoms with Gasteiger partial charge in [0, 0.05) is 33.4 Å². The van der Waals surface area contributed by atoms with Gasteiger partial charge in [0.15, 0.2) is 0 Å². The first-order valence-corrected chi connectivity index (χ1v) is 22.7. The second kappa shape index (κ2) is 16.8. The molecule has 2 heteroatoms. The van der Waals surface area contributed by atoms with E-state index >= 15 is 0 Å². The molecule has 0 aliphatic carbocycles. The maximum atomic E-state index is 2.45. The molecule has 0 saturated heterocycles. The van der Waals surface area contributed by atoms with Crippen molar-refractivity contribution in [2.75, 3.05) is 4.90 Å². The molecule has 0 amide bonds. The Balaban J connectivity index is 1.05. The third kappa shape index (κ3) is 7.02. The fourth-order valence-electron chi connectivity index (χ4n) is 9.87. The summed E-state index contributed by atoms with van der Waals surface area (Å²) in [5, 5.41) is 4.95. The van der Waals surface area contributed by atoms with Crippen LogP contribution >= 0.6 is 0 Å². The third-order valence-electron chi connectivity index (χ3n) is 13.0. The predicted molar refractivity (Wildman–Crippen MR) is 280 cm³/mol. The van der Waals surface area contributed by atoms with Crippen molar-refractivity contribution in [2.45, 2.75) is 0 Å². The highest BCUT2D eigenvalue weighted by Crippen LogP contribution is 2.49. The van der Waals surface area contributed by atoms with Crippen LogP contribution in [0.5, 0.6) is 0 Å². The van der Waals surface area contributed by atoms with Crippen LogP contribution in [-0.2, 0) is 0 Å². The lowest BCUT2D eigenvalue weighted by Crippen LogP contribution is -2.12. The highest BCUT2D eigenvalue weighted by atomic mass is 15.1. The van der Waals surface area contributed by atoms with Gasteiger partial charge >= 0.3 is 0 Å². The molecule has 11 aromatic carbocycles. The minimum absolute atomic E-state index is 1.07. The minimum atomic E-state index is 1.07. The monoisotopic (exact) mass is 840 g/mol. The van der Waals surface area contributed by atoms with E-state index in [1.807, 2.05) is 0 Å². The molecule has 0 radical (unpaired) electrons. The molecular weight excluding hydrogens is 797 g/mol. The first-order valence-electron chi connectivity index (χ1n) is 22.7. The summed E-state index contributed by atoms with van der Waals surface area (Å²) in [7, 11) is 0. The first-order chi connectivity index (χ1) is 32.7. The largest absolute Gasteiger partial charge is 0.310 e. The Kier molecular flexibility index (Phi) is 9.89. The lowest BCUT2D eigenvalue weighted by molar-refractivity contribution is 1.18. The number of benzene rings is 11. The smallest absolute Gasteiger partial charge is 0.0546 e. The van der Waals surface area contributed by atoms with Gasteiger partial charge in [0.25, 0.3) is 0 Å². The summed E-state index contributed by atoms with van der Waals surface area (Å²) in [6.07, 6.45) is 0. The maximum absolute atomic E-state index is 2.45. The number of rotatable bonds is 9. The van der Waals surface area contributed by atoms with Gasteiger partial charge in [-0.3, -0.25) is 0 Å². The van der Waals surface area contributed by atoms with Gasteiger partial charge in [-0.1, -0.05) is 200 Å². The van der Waals surface area contributed by atoms with Crippen LogP contribution in [0.1, 0.15) is 0 Å². The molecule has 0 aliphatic rings. The predicted octanol–water partition coefficient (Wildman–Crippen LogP) is 17.7. The van der Waals surface area contributed by atoms with Crippen molar-refractivity contribution in [2.24, 2.45) is 0 Å². The SMILES string of the molecule is c1ccc(-c2ccccc2-c2c(-c3ccccc3)cccc2N(c2ccc(-c3ccc4c(c3)c3ccccc3n4-c3ccccc3)cc2)c2cccc(-c3ccc4ccccc4c3)c2)cc1. The minimum Gasteiger partial charge on any atom is -0.310 e. The van der Waals surface area contributed by atoms with E-state index in [-0.39, 0.29) is 0 Å². The second-order valence-corrected chi connectivity index (χ2v) is 16.9. The molecule has 2 nitrogen and oxygen atoms in total. The molecule has 0 bridgehead atoms. The Morgan fingerprint density at radius 3 is 1.61 bits per heavy atom. The number of anilines is 3. The van der Waals surface area contributed by atoms with Crippen molar-refractivity contribution in [3.63, 3.8) is 0 Å². The van der Waals surface area contributed by atoms with E-state index in [0.29, 0.717) is 0 Å². The lowest BCUT2D eigenvalue weighted by Gasteiger charge is -2.30. The average molecular weight is 841 g/mol. The van der Waals surface area contributed by atoms with Crippen LogP contribution in [0.3, 0.4) is 0 Å². The average Bonchev–Trinajstić information content (AvgIpc) is 3.73. The van der Waals surface area contributed by atoms with Crippen molar-refractivity contribution < 1.29 is 0 Å². The van der Waals surface area contributed by atoms with E-state index in [1.165, 1.54) is 77.1 Å². The van der Waals surface area contributed by atoms with Crippen LogP contribution in [0.4, 0.5) is 17.1 Å². The Hall–Kier alpha value is -8.72. The quantitative estimate of drug-likeness (QED) is 0.141. The molecule has 0 fully saturated rings. The molecule has 0 unspecified atom stereocenters. The van der Waals surface area contributed by atoms with Crippen LogP contribution < -0.4 is 4.90 Å². The lowest BCUT2D eigenvalue weighted by atomic mass is 9.87.